The lowest BCUT2D eigenvalue weighted by Crippen LogP contribution is -2.38. The molecule has 0 radical (unpaired) electrons. The predicted molar refractivity (Wildman–Crippen MR) is 89.1 cm³/mol. The van der Waals surface area contributed by atoms with Crippen molar-refractivity contribution in [1.82, 2.24) is 14.5 Å². The summed E-state index contributed by atoms with van der Waals surface area (Å²) in [6, 6.07) is 5.13. The van der Waals surface area contributed by atoms with E-state index in [-0.39, 0.29) is 5.91 Å². The number of hydrogen-bond donors (Lipinski definition) is 0. The molecule has 5 nitrogen and oxygen atoms in total. The van der Waals surface area contributed by atoms with Gasteiger partial charge in [0.15, 0.2) is 0 Å². The molecule has 1 aromatic carbocycles. The summed E-state index contributed by atoms with van der Waals surface area (Å²) in [4.78, 5) is 19.0. The molecule has 1 aliphatic rings. The minimum Gasteiger partial charge on any atom is -0.497 e. The predicted octanol–water partition coefficient (Wildman–Crippen LogP) is 3.10. The van der Waals surface area contributed by atoms with Crippen molar-refractivity contribution in [3.8, 4) is 5.75 Å². The molecule has 122 valence electrons. The number of imidazole rings is 1. The lowest BCUT2D eigenvalue weighted by molar-refractivity contribution is 0.0710. The zero-order valence-electron chi connectivity index (χ0n) is 13.3. The van der Waals surface area contributed by atoms with Gasteiger partial charge in [-0.2, -0.15) is 0 Å². The van der Waals surface area contributed by atoms with Gasteiger partial charge in [-0.15, -0.1) is 0 Å². The van der Waals surface area contributed by atoms with E-state index < -0.39 is 0 Å². The first kappa shape index (κ1) is 15.9. The SMILES string of the molecule is COc1cc(Cl)cc(C(=O)N2CCC(c3nccn3C)CC2)c1. The Morgan fingerprint density at radius 2 is 2.04 bits per heavy atom. The number of halogens is 1. The average molecular weight is 334 g/mol. The second-order valence-corrected chi connectivity index (χ2v) is 6.28. The molecule has 1 saturated heterocycles. The number of methoxy groups -OCH3 is 1. The lowest BCUT2D eigenvalue weighted by atomic mass is 9.95. The summed E-state index contributed by atoms with van der Waals surface area (Å²) >= 11 is 6.06. The zero-order chi connectivity index (χ0) is 16.4. The number of nitrogens with zero attached hydrogens (tertiary/aromatic N) is 3. The van der Waals surface area contributed by atoms with Crippen LogP contribution in [0.3, 0.4) is 0 Å². The van der Waals surface area contributed by atoms with Crippen LogP contribution >= 0.6 is 11.6 Å². The van der Waals surface area contributed by atoms with Gasteiger partial charge in [-0.05, 0) is 31.0 Å². The van der Waals surface area contributed by atoms with Crippen LogP contribution in [0.15, 0.2) is 30.6 Å². The fourth-order valence-corrected chi connectivity index (χ4v) is 3.32. The van der Waals surface area contributed by atoms with Gasteiger partial charge in [0.25, 0.3) is 5.91 Å². The smallest absolute Gasteiger partial charge is 0.254 e. The van der Waals surface area contributed by atoms with Crippen LogP contribution in [-0.2, 0) is 7.05 Å². The van der Waals surface area contributed by atoms with Gasteiger partial charge in [0.05, 0.1) is 7.11 Å². The van der Waals surface area contributed by atoms with Crippen LogP contribution in [0.4, 0.5) is 0 Å². The maximum absolute atomic E-state index is 12.7. The maximum atomic E-state index is 12.7. The van der Waals surface area contributed by atoms with Crippen LogP contribution in [-0.4, -0.2) is 40.6 Å². The largest absolute Gasteiger partial charge is 0.497 e. The summed E-state index contributed by atoms with van der Waals surface area (Å²) in [6.45, 7) is 1.45. The van der Waals surface area contributed by atoms with E-state index in [1.165, 1.54) is 0 Å². The summed E-state index contributed by atoms with van der Waals surface area (Å²) < 4.78 is 7.25. The zero-order valence-corrected chi connectivity index (χ0v) is 14.1. The highest BCUT2D eigenvalue weighted by atomic mass is 35.5. The number of amides is 1. The van der Waals surface area contributed by atoms with E-state index in [1.807, 2.05) is 24.3 Å². The molecule has 23 heavy (non-hydrogen) atoms. The summed E-state index contributed by atoms with van der Waals surface area (Å²) in [5.74, 6) is 2.11. The first-order valence-corrected chi connectivity index (χ1v) is 8.07. The van der Waals surface area contributed by atoms with Crippen LogP contribution in [0.25, 0.3) is 0 Å². The first-order valence-electron chi connectivity index (χ1n) is 7.69. The van der Waals surface area contributed by atoms with E-state index in [2.05, 4.69) is 9.55 Å². The van der Waals surface area contributed by atoms with Gasteiger partial charge >= 0.3 is 0 Å². The molecule has 1 aromatic heterocycles. The Morgan fingerprint density at radius 3 is 2.65 bits per heavy atom. The number of aryl methyl sites for hydroxylation is 1. The molecule has 1 amide bonds. The Morgan fingerprint density at radius 1 is 1.30 bits per heavy atom. The number of likely N-dealkylation sites (tertiary alicyclic amines) is 1. The molecule has 2 aromatic rings. The third-order valence-corrected chi connectivity index (χ3v) is 4.58. The van der Waals surface area contributed by atoms with Gasteiger partial charge in [0.1, 0.15) is 11.6 Å². The third-order valence-electron chi connectivity index (χ3n) is 4.36. The number of hydrogen-bond acceptors (Lipinski definition) is 3. The maximum Gasteiger partial charge on any atom is 0.254 e. The molecule has 0 aliphatic carbocycles. The molecule has 2 heterocycles. The normalized spacial score (nSPS) is 15.7. The lowest BCUT2D eigenvalue weighted by Gasteiger charge is -2.31. The number of piperidine rings is 1. The van der Waals surface area contributed by atoms with Crippen molar-refractivity contribution in [2.45, 2.75) is 18.8 Å². The molecule has 0 spiro atoms. The summed E-state index contributed by atoms with van der Waals surface area (Å²) in [5.41, 5.74) is 0.574. The van der Waals surface area contributed by atoms with E-state index in [0.29, 0.717) is 22.3 Å². The number of aromatic nitrogens is 2. The minimum atomic E-state index is 0.00379. The molecule has 0 saturated carbocycles. The Labute approximate surface area is 140 Å². The molecule has 1 aliphatic heterocycles. The van der Waals surface area contributed by atoms with Crippen LogP contribution < -0.4 is 4.74 Å². The molecule has 0 N–H and O–H groups in total. The number of rotatable bonds is 3. The van der Waals surface area contributed by atoms with Crippen molar-refractivity contribution in [3.05, 3.63) is 47.0 Å². The Balaban J connectivity index is 1.69. The number of ether oxygens (including phenoxy) is 1. The summed E-state index contributed by atoms with van der Waals surface area (Å²) in [5, 5.41) is 0.510. The molecular formula is C17H20ClN3O2. The van der Waals surface area contributed by atoms with E-state index >= 15 is 0 Å². The molecule has 3 rings (SSSR count). The quantitative estimate of drug-likeness (QED) is 0.867. The van der Waals surface area contributed by atoms with Gasteiger partial charge in [-0.1, -0.05) is 11.6 Å². The van der Waals surface area contributed by atoms with Crippen molar-refractivity contribution >= 4 is 17.5 Å². The highest BCUT2D eigenvalue weighted by molar-refractivity contribution is 6.31. The topological polar surface area (TPSA) is 47.4 Å². The number of benzene rings is 1. The van der Waals surface area contributed by atoms with Crippen molar-refractivity contribution in [2.75, 3.05) is 20.2 Å². The molecule has 0 atom stereocenters. The summed E-state index contributed by atoms with van der Waals surface area (Å²) in [7, 11) is 3.58. The Hall–Kier alpha value is -2.01. The average Bonchev–Trinajstić information content (AvgIpc) is 2.99. The van der Waals surface area contributed by atoms with E-state index in [4.69, 9.17) is 16.3 Å². The second-order valence-electron chi connectivity index (χ2n) is 5.84. The van der Waals surface area contributed by atoms with Crippen molar-refractivity contribution < 1.29 is 9.53 Å². The van der Waals surface area contributed by atoms with Crippen LogP contribution in [0.1, 0.15) is 34.9 Å². The Bertz CT molecular complexity index is 706. The van der Waals surface area contributed by atoms with Gasteiger partial charge < -0.3 is 14.2 Å². The van der Waals surface area contributed by atoms with Gasteiger partial charge in [-0.25, -0.2) is 4.98 Å². The highest BCUT2D eigenvalue weighted by Crippen LogP contribution is 2.28. The van der Waals surface area contributed by atoms with E-state index in [0.717, 1.165) is 31.8 Å². The molecule has 0 unspecified atom stereocenters. The fourth-order valence-electron chi connectivity index (χ4n) is 3.10. The highest BCUT2D eigenvalue weighted by Gasteiger charge is 2.26. The van der Waals surface area contributed by atoms with Crippen molar-refractivity contribution in [2.24, 2.45) is 7.05 Å². The molecule has 6 heteroatoms. The molecular weight excluding hydrogens is 314 g/mol. The fraction of sp³-hybridized carbons (Fsp3) is 0.412. The standard InChI is InChI=1S/C17H20ClN3O2/c1-20-8-5-19-16(20)12-3-6-21(7-4-12)17(22)13-9-14(18)11-15(10-13)23-2/h5,8-12H,3-4,6-7H2,1-2H3. The minimum absolute atomic E-state index is 0.00379. The molecule has 0 bridgehead atoms. The number of carbonyl (C=O) groups excluding carboxylic acids is 1. The monoisotopic (exact) mass is 333 g/mol. The summed E-state index contributed by atoms with van der Waals surface area (Å²) in [6.07, 6.45) is 5.64. The van der Waals surface area contributed by atoms with Gasteiger partial charge in [-0.3, -0.25) is 4.79 Å². The van der Waals surface area contributed by atoms with Crippen LogP contribution in [0, 0.1) is 0 Å². The second kappa shape index (κ2) is 6.62. The Kier molecular flexibility index (Phi) is 4.57. The van der Waals surface area contributed by atoms with Crippen LogP contribution in [0.5, 0.6) is 5.75 Å². The molecule has 1 fully saturated rings. The first-order chi connectivity index (χ1) is 11.1. The van der Waals surface area contributed by atoms with Gasteiger partial charge in [0.2, 0.25) is 0 Å². The van der Waals surface area contributed by atoms with Gasteiger partial charge in [0, 0.05) is 49.0 Å². The van der Waals surface area contributed by atoms with Crippen molar-refractivity contribution in [3.63, 3.8) is 0 Å². The number of carbonyl (C=O) groups is 1. The van der Waals surface area contributed by atoms with E-state index in [9.17, 15) is 4.79 Å². The van der Waals surface area contributed by atoms with Crippen molar-refractivity contribution in [1.29, 1.82) is 0 Å². The van der Waals surface area contributed by atoms with Crippen LogP contribution in [0.2, 0.25) is 5.02 Å². The third kappa shape index (κ3) is 3.34. The van der Waals surface area contributed by atoms with E-state index in [1.54, 1.807) is 25.3 Å².